The van der Waals surface area contributed by atoms with Crippen molar-refractivity contribution in [1.82, 2.24) is 5.43 Å². The molecule has 0 aliphatic rings. The Bertz CT molecular complexity index is 1340. The molecule has 0 heterocycles. The van der Waals surface area contributed by atoms with E-state index in [1.165, 1.54) is 6.21 Å². The molecule has 0 aliphatic heterocycles. The van der Waals surface area contributed by atoms with Crippen LogP contribution in [0.25, 0.3) is 0 Å². The molecular weight excluding hydrogens is 556 g/mol. The van der Waals surface area contributed by atoms with Crippen molar-refractivity contribution in [2.45, 2.75) is 12.2 Å². The number of nitrogens with zero attached hydrogens (tertiary/aromatic N) is 1. The Kier molecular flexibility index (Phi) is 8.61. The van der Waals surface area contributed by atoms with Gasteiger partial charge in [-0.1, -0.05) is 84.4 Å². The third kappa shape index (κ3) is 6.20. The second-order valence-corrected chi connectivity index (χ2v) is 9.38. The highest BCUT2D eigenvalue weighted by Crippen LogP contribution is 2.37. The molecule has 0 atom stereocenters. The molecular formula is C29H24BrClN2O4. The van der Waals surface area contributed by atoms with E-state index in [1.54, 1.807) is 79.9 Å². The molecule has 1 amide bonds. The molecule has 8 heteroatoms. The molecule has 0 saturated carbocycles. The molecule has 4 aromatic carbocycles. The normalized spacial score (nSPS) is 11.4. The highest BCUT2D eigenvalue weighted by atomic mass is 79.9. The van der Waals surface area contributed by atoms with Gasteiger partial charge in [0.25, 0.3) is 5.91 Å². The number of hydrazone groups is 1. The maximum absolute atomic E-state index is 13.2. The molecule has 37 heavy (non-hydrogen) atoms. The fraction of sp³-hybridized carbons (Fsp3) is 0.103. The van der Waals surface area contributed by atoms with Crippen LogP contribution in [0.3, 0.4) is 0 Å². The van der Waals surface area contributed by atoms with Crippen LogP contribution < -0.4 is 14.9 Å². The monoisotopic (exact) mass is 578 g/mol. The Morgan fingerprint density at radius 3 is 2.16 bits per heavy atom. The summed E-state index contributed by atoms with van der Waals surface area (Å²) in [4.78, 5) is 13.2. The third-order valence-corrected chi connectivity index (χ3v) is 6.48. The number of hydrogen-bond donors (Lipinski definition) is 2. The van der Waals surface area contributed by atoms with Crippen molar-refractivity contribution in [3.05, 3.63) is 129 Å². The zero-order valence-corrected chi connectivity index (χ0v) is 22.2. The number of rotatable bonds is 9. The van der Waals surface area contributed by atoms with Crippen molar-refractivity contribution in [2.24, 2.45) is 5.10 Å². The molecule has 6 nitrogen and oxygen atoms in total. The first kappa shape index (κ1) is 26.4. The van der Waals surface area contributed by atoms with Gasteiger partial charge in [0.2, 0.25) is 0 Å². The Labute approximate surface area is 228 Å². The SMILES string of the molecule is COc1cc(/C=N\NC(=O)C(O)(c2ccccc2)c2ccccc2)cc(Br)c1OCc1ccc(Cl)cc1. The van der Waals surface area contributed by atoms with Crippen molar-refractivity contribution in [3.8, 4) is 11.5 Å². The van der Waals surface area contributed by atoms with Crippen LogP contribution in [-0.2, 0) is 17.0 Å². The third-order valence-electron chi connectivity index (χ3n) is 5.64. The summed E-state index contributed by atoms with van der Waals surface area (Å²) < 4.78 is 12.1. The summed E-state index contributed by atoms with van der Waals surface area (Å²) in [6, 6.07) is 28.4. The van der Waals surface area contributed by atoms with E-state index in [-0.39, 0.29) is 0 Å². The van der Waals surface area contributed by atoms with Crippen LogP contribution in [0.4, 0.5) is 0 Å². The Morgan fingerprint density at radius 1 is 1.00 bits per heavy atom. The molecule has 0 saturated heterocycles. The van der Waals surface area contributed by atoms with Gasteiger partial charge < -0.3 is 14.6 Å². The molecule has 0 bridgehead atoms. The smallest absolute Gasteiger partial charge is 0.281 e. The van der Waals surface area contributed by atoms with Crippen molar-refractivity contribution >= 4 is 39.7 Å². The summed E-state index contributed by atoms with van der Waals surface area (Å²) in [6.45, 7) is 0.327. The fourth-order valence-electron chi connectivity index (χ4n) is 3.72. The van der Waals surface area contributed by atoms with Gasteiger partial charge in [0.15, 0.2) is 17.1 Å². The number of ether oxygens (including phenoxy) is 2. The van der Waals surface area contributed by atoms with Crippen molar-refractivity contribution in [2.75, 3.05) is 7.11 Å². The molecule has 0 fully saturated rings. The largest absolute Gasteiger partial charge is 0.493 e. The Balaban J connectivity index is 1.52. The second-order valence-electron chi connectivity index (χ2n) is 8.09. The van der Waals surface area contributed by atoms with E-state index in [4.69, 9.17) is 21.1 Å². The summed E-state index contributed by atoms with van der Waals surface area (Å²) >= 11 is 9.47. The predicted molar refractivity (Wildman–Crippen MR) is 148 cm³/mol. The van der Waals surface area contributed by atoms with Crippen molar-refractivity contribution in [3.63, 3.8) is 0 Å². The van der Waals surface area contributed by atoms with Gasteiger partial charge >= 0.3 is 0 Å². The number of halogens is 2. The van der Waals surface area contributed by atoms with E-state index in [9.17, 15) is 9.90 Å². The first-order valence-corrected chi connectivity index (χ1v) is 12.5. The van der Waals surface area contributed by atoms with Crippen LogP contribution in [0.2, 0.25) is 5.02 Å². The molecule has 4 aromatic rings. The lowest BCUT2D eigenvalue weighted by Gasteiger charge is -2.27. The summed E-state index contributed by atoms with van der Waals surface area (Å²) in [5.41, 5.74) is 3.02. The minimum Gasteiger partial charge on any atom is -0.493 e. The summed E-state index contributed by atoms with van der Waals surface area (Å²) in [5, 5.41) is 16.3. The van der Waals surface area contributed by atoms with Gasteiger partial charge in [-0.05, 0) is 62.4 Å². The zero-order valence-electron chi connectivity index (χ0n) is 19.9. The highest BCUT2D eigenvalue weighted by molar-refractivity contribution is 9.10. The molecule has 0 unspecified atom stereocenters. The van der Waals surface area contributed by atoms with Gasteiger partial charge in [0.1, 0.15) is 6.61 Å². The molecule has 2 N–H and O–H groups in total. The average Bonchev–Trinajstić information content (AvgIpc) is 2.93. The summed E-state index contributed by atoms with van der Waals surface area (Å²) in [5.74, 6) is 0.331. The molecule has 0 aromatic heterocycles. The highest BCUT2D eigenvalue weighted by Gasteiger charge is 2.39. The van der Waals surface area contributed by atoms with E-state index >= 15 is 0 Å². The molecule has 4 rings (SSSR count). The van der Waals surface area contributed by atoms with E-state index < -0.39 is 11.5 Å². The Hall–Kier alpha value is -3.65. The van der Waals surface area contributed by atoms with Crippen LogP contribution in [-0.4, -0.2) is 24.3 Å². The van der Waals surface area contributed by atoms with Gasteiger partial charge in [0, 0.05) is 5.02 Å². The first-order valence-electron chi connectivity index (χ1n) is 11.3. The second kappa shape index (κ2) is 12.1. The van der Waals surface area contributed by atoms with Crippen LogP contribution in [0.5, 0.6) is 11.5 Å². The number of amides is 1. The van der Waals surface area contributed by atoms with Gasteiger partial charge in [-0.3, -0.25) is 4.79 Å². The topological polar surface area (TPSA) is 80.2 Å². The van der Waals surface area contributed by atoms with Crippen molar-refractivity contribution in [1.29, 1.82) is 0 Å². The Morgan fingerprint density at radius 2 is 1.59 bits per heavy atom. The number of methoxy groups -OCH3 is 1. The average molecular weight is 580 g/mol. The van der Waals surface area contributed by atoms with Crippen LogP contribution in [0, 0.1) is 0 Å². The lowest BCUT2D eigenvalue weighted by atomic mass is 9.85. The van der Waals surface area contributed by atoms with Gasteiger partial charge in [-0.15, -0.1) is 0 Å². The van der Waals surface area contributed by atoms with E-state index in [0.29, 0.717) is 44.3 Å². The van der Waals surface area contributed by atoms with Gasteiger partial charge in [-0.25, -0.2) is 5.43 Å². The van der Waals surface area contributed by atoms with Crippen LogP contribution in [0.1, 0.15) is 22.3 Å². The number of aliphatic hydroxyl groups is 1. The lowest BCUT2D eigenvalue weighted by molar-refractivity contribution is -0.136. The number of carbonyl (C=O) groups is 1. The van der Waals surface area contributed by atoms with Crippen LogP contribution >= 0.6 is 27.5 Å². The van der Waals surface area contributed by atoms with E-state index in [2.05, 4.69) is 26.5 Å². The minimum atomic E-state index is -1.92. The zero-order chi connectivity index (χ0) is 26.3. The van der Waals surface area contributed by atoms with Gasteiger partial charge in [-0.2, -0.15) is 5.10 Å². The number of benzene rings is 4. The number of nitrogens with one attached hydrogen (secondary N) is 1. The molecule has 188 valence electrons. The van der Waals surface area contributed by atoms with Gasteiger partial charge in [0.05, 0.1) is 17.8 Å². The maximum Gasteiger partial charge on any atom is 0.281 e. The van der Waals surface area contributed by atoms with E-state index in [1.807, 2.05) is 24.3 Å². The first-order chi connectivity index (χ1) is 17.9. The predicted octanol–water partition coefficient (Wildman–Crippen LogP) is 6.08. The fourth-order valence-corrected chi connectivity index (χ4v) is 4.42. The molecule has 0 aliphatic carbocycles. The van der Waals surface area contributed by atoms with Crippen molar-refractivity contribution < 1.29 is 19.4 Å². The number of hydrogen-bond acceptors (Lipinski definition) is 5. The molecule has 0 radical (unpaired) electrons. The summed E-state index contributed by atoms with van der Waals surface area (Å²) in [6.07, 6.45) is 1.46. The number of carbonyl (C=O) groups excluding carboxylic acids is 1. The quantitative estimate of drug-likeness (QED) is 0.186. The maximum atomic E-state index is 13.2. The standard InChI is InChI=1S/C29H24BrClN2O4/c1-36-26-17-21(16-25(30)27(26)37-19-20-12-14-24(31)15-13-20)18-32-33-28(34)29(35,22-8-4-2-5-9-22)23-10-6-3-7-11-23/h2-18,35H,19H2,1H3,(H,33,34)/b32-18-. The molecule has 0 spiro atoms. The van der Waals surface area contributed by atoms with E-state index in [0.717, 1.165) is 5.56 Å². The van der Waals surface area contributed by atoms with Crippen LogP contribution in [0.15, 0.2) is 107 Å². The lowest BCUT2D eigenvalue weighted by Crippen LogP contribution is -2.43. The minimum absolute atomic E-state index is 0.327. The summed E-state index contributed by atoms with van der Waals surface area (Å²) in [7, 11) is 1.54.